The molecule has 1 N–H and O–H groups in total. The van der Waals surface area contributed by atoms with Gasteiger partial charge >= 0.3 is 5.97 Å². The van der Waals surface area contributed by atoms with Crippen LogP contribution in [0.3, 0.4) is 0 Å². The molecule has 0 bridgehead atoms. The lowest BCUT2D eigenvalue weighted by atomic mass is 9.96. The summed E-state index contributed by atoms with van der Waals surface area (Å²) in [7, 11) is 0. The first-order valence-corrected chi connectivity index (χ1v) is 4.92. The Labute approximate surface area is 81.8 Å². The Morgan fingerprint density at radius 3 is 2.79 bits per heavy atom. The molecule has 0 saturated heterocycles. The molecule has 1 saturated carbocycles. The van der Waals surface area contributed by atoms with E-state index in [1.54, 1.807) is 4.68 Å². The number of carbonyl (C=O) groups is 1. The van der Waals surface area contributed by atoms with Gasteiger partial charge in [0.1, 0.15) is 6.33 Å². The summed E-state index contributed by atoms with van der Waals surface area (Å²) < 4.78 is 1.56. The van der Waals surface area contributed by atoms with Crippen molar-refractivity contribution in [2.45, 2.75) is 38.1 Å². The van der Waals surface area contributed by atoms with Crippen LogP contribution in [0.4, 0.5) is 0 Å². The first-order chi connectivity index (χ1) is 6.79. The van der Waals surface area contributed by atoms with Gasteiger partial charge in [-0.05, 0) is 12.8 Å². The summed E-state index contributed by atoms with van der Waals surface area (Å²) in [6, 6.07) is 0.234. The molecule has 5 heteroatoms. The molecule has 1 aliphatic rings. The second-order valence-corrected chi connectivity index (χ2v) is 3.63. The fraction of sp³-hybridized carbons (Fsp3) is 0.667. The maximum Gasteiger partial charge on any atom is 0.373 e. The first-order valence-electron chi connectivity index (χ1n) is 4.92. The quantitative estimate of drug-likeness (QED) is 0.776. The van der Waals surface area contributed by atoms with Crippen LogP contribution in [0.5, 0.6) is 0 Å². The zero-order valence-corrected chi connectivity index (χ0v) is 7.89. The average Bonchev–Trinajstić information content (AvgIpc) is 2.67. The number of carboxylic acid groups (broad SMARTS) is 1. The Morgan fingerprint density at radius 2 is 2.14 bits per heavy atom. The largest absolute Gasteiger partial charge is 0.475 e. The van der Waals surface area contributed by atoms with Crippen LogP contribution in [0.1, 0.15) is 48.8 Å². The van der Waals surface area contributed by atoms with E-state index in [2.05, 4.69) is 10.1 Å². The highest BCUT2D eigenvalue weighted by Gasteiger charge is 2.21. The Balaban J connectivity index is 2.21. The highest BCUT2D eigenvalue weighted by Crippen LogP contribution is 2.27. The van der Waals surface area contributed by atoms with Crippen molar-refractivity contribution in [2.24, 2.45) is 0 Å². The van der Waals surface area contributed by atoms with Crippen molar-refractivity contribution in [3.8, 4) is 0 Å². The van der Waals surface area contributed by atoms with Crippen molar-refractivity contribution in [1.82, 2.24) is 14.8 Å². The Morgan fingerprint density at radius 1 is 1.43 bits per heavy atom. The predicted molar refractivity (Wildman–Crippen MR) is 49.1 cm³/mol. The summed E-state index contributed by atoms with van der Waals surface area (Å²) in [6.07, 6.45) is 6.91. The van der Waals surface area contributed by atoms with Gasteiger partial charge in [0.15, 0.2) is 0 Å². The van der Waals surface area contributed by atoms with E-state index >= 15 is 0 Å². The van der Waals surface area contributed by atoms with Gasteiger partial charge in [0, 0.05) is 0 Å². The van der Waals surface area contributed by atoms with Crippen LogP contribution >= 0.6 is 0 Å². The van der Waals surface area contributed by atoms with Crippen molar-refractivity contribution in [2.75, 3.05) is 0 Å². The van der Waals surface area contributed by atoms with E-state index in [1.807, 2.05) is 0 Å². The normalized spacial score (nSPS) is 18.3. The topological polar surface area (TPSA) is 68.0 Å². The van der Waals surface area contributed by atoms with Gasteiger partial charge in [-0.3, -0.25) is 0 Å². The van der Waals surface area contributed by atoms with Crippen molar-refractivity contribution >= 4 is 5.97 Å². The van der Waals surface area contributed by atoms with Crippen LogP contribution in [-0.4, -0.2) is 25.8 Å². The lowest BCUT2D eigenvalue weighted by molar-refractivity contribution is 0.0671. The van der Waals surface area contributed by atoms with Crippen LogP contribution in [0.25, 0.3) is 0 Å². The van der Waals surface area contributed by atoms with E-state index in [-0.39, 0.29) is 11.9 Å². The van der Waals surface area contributed by atoms with Gasteiger partial charge in [0.25, 0.3) is 0 Å². The molecule has 0 radical (unpaired) electrons. The lowest BCUT2D eigenvalue weighted by Crippen LogP contribution is -2.19. The molecule has 2 rings (SSSR count). The summed E-state index contributed by atoms with van der Waals surface area (Å²) in [5, 5.41) is 12.8. The molecule has 14 heavy (non-hydrogen) atoms. The van der Waals surface area contributed by atoms with Gasteiger partial charge in [-0.1, -0.05) is 19.3 Å². The van der Waals surface area contributed by atoms with E-state index in [1.165, 1.54) is 12.7 Å². The molecule has 0 atom stereocenters. The fourth-order valence-corrected chi connectivity index (χ4v) is 2.00. The number of aromatic carboxylic acids is 1. The number of aromatic nitrogens is 3. The number of hydrogen-bond donors (Lipinski definition) is 1. The molecule has 0 unspecified atom stereocenters. The van der Waals surface area contributed by atoms with Gasteiger partial charge in [-0.2, -0.15) is 5.10 Å². The van der Waals surface area contributed by atoms with Gasteiger partial charge in [0.2, 0.25) is 5.82 Å². The average molecular weight is 195 g/mol. The van der Waals surface area contributed by atoms with Gasteiger partial charge in [-0.25, -0.2) is 14.5 Å². The second-order valence-electron chi connectivity index (χ2n) is 3.63. The molecule has 0 amide bonds. The molecular formula is C9H13N3O2. The van der Waals surface area contributed by atoms with Crippen molar-refractivity contribution in [3.05, 3.63) is 12.2 Å². The summed E-state index contributed by atoms with van der Waals surface area (Å²) >= 11 is 0. The third-order valence-electron chi connectivity index (χ3n) is 2.68. The van der Waals surface area contributed by atoms with Crippen molar-refractivity contribution in [3.63, 3.8) is 0 Å². The highest BCUT2D eigenvalue weighted by molar-refractivity contribution is 5.83. The zero-order chi connectivity index (χ0) is 9.97. The van der Waals surface area contributed by atoms with E-state index in [0.29, 0.717) is 0 Å². The van der Waals surface area contributed by atoms with E-state index in [9.17, 15) is 4.79 Å². The summed E-state index contributed by atoms with van der Waals surface area (Å²) in [5.74, 6) is -0.926. The predicted octanol–water partition coefficient (Wildman–Crippen LogP) is 1.48. The van der Waals surface area contributed by atoms with Crippen LogP contribution in [-0.2, 0) is 0 Å². The fourth-order valence-electron chi connectivity index (χ4n) is 2.00. The molecule has 0 spiro atoms. The first kappa shape index (κ1) is 9.18. The molecule has 0 aromatic carbocycles. The molecular weight excluding hydrogens is 182 g/mol. The monoisotopic (exact) mass is 195 g/mol. The molecule has 76 valence electrons. The third-order valence-corrected chi connectivity index (χ3v) is 2.68. The number of rotatable bonds is 2. The van der Waals surface area contributed by atoms with Crippen LogP contribution in [0, 0.1) is 0 Å². The molecule has 1 aliphatic carbocycles. The molecule has 5 nitrogen and oxygen atoms in total. The Bertz CT molecular complexity index is 329. The summed E-state index contributed by atoms with van der Waals surface area (Å²) in [5.41, 5.74) is 0. The van der Waals surface area contributed by atoms with E-state index in [4.69, 9.17) is 5.11 Å². The molecule has 1 fully saturated rings. The Kier molecular flexibility index (Phi) is 2.47. The highest BCUT2D eigenvalue weighted by atomic mass is 16.4. The molecule has 1 heterocycles. The maximum absolute atomic E-state index is 10.8. The third kappa shape index (κ3) is 1.62. The molecule has 1 aromatic heterocycles. The summed E-state index contributed by atoms with van der Waals surface area (Å²) in [4.78, 5) is 14.5. The van der Waals surface area contributed by atoms with Gasteiger partial charge in [-0.15, -0.1) is 0 Å². The summed E-state index contributed by atoms with van der Waals surface area (Å²) in [6.45, 7) is 0. The number of carboxylic acids is 1. The standard InChI is InChI=1S/C9H13N3O2/c13-9(14)8-10-6-11-12(8)7-4-2-1-3-5-7/h6-7H,1-5H2,(H,13,14). The SMILES string of the molecule is O=C(O)c1ncnn1C1CCCCC1. The van der Waals surface area contributed by atoms with Crippen molar-refractivity contribution in [1.29, 1.82) is 0 Å². The minimum atomic E-state index is -0.993. The number of nitrogens with zero attached hydrogens (tertiary/aromatic N) is 3. The molecule has 0 aliphatic heterocycles. The van der Waals surface area contributed by atoms with E-state index in [0.717, 1.165) is 25.7 Å². The maximum atomic E-state index is 10.8. The lowest BCUT2D eigenvalue weighted by Gasteiger charge is -2.22. The Hall–Kier alpha value is -1.39. The zero-order valence-electron chi connectivity index (χ0n) is 7.89. The smallest absolute Gasteiger partial charge is 0.373 e. The molecule has 1 aromatic rings. The van der Waals surface area contributed by atoms with Gasteiger partial charge < -0.3 is 5.11 Å². The van der Waals surface area contributed by atoms with E-state index < -0.39 is 5.97 Å². The van der Waals surface area contributed by atoms with Crippen LogP contribution in [0.15, 0.2) is 6.33 Å². The van der Waals surface area contributed by atoms with Crippen LogP contribution < -0.4 is 0 Å². The minimum absolute atomic E-state index is 0.0666. The van der Waals surface area contributed by atoms with Gasteiger partial charge in [0.05, 0.1) is 6.04 Å². The van der Waals surface area contributed by atoms with Crippen LogP contribution in [0.2, 0.25) is 0 Å². The minimum Gasteiger partial charge on any atom is -0.475 e. The number of hydrogen-bond acceptors (Lipinski definition) is 3. The second kappa shape index (κ2) is 3.77. The van der Waals surface area contributed by atoms with Crippen molar-refractivity contribution < 1.29 is 9.90 Å².